The first-order valence-corrected chi connectivity index (χ1v) is 12.4. The first kappa shape index (κ1) is 22.1. The van der Waals surface area contributed by atoms with E-state index in [2.05, 4.69) is 33.8 Å². The Morgan fingerprint density at radius 1 is 1.06 bits per heavy atom. The van der Waals surface area contributed by atoms with Gasteiger partial charge >= 0.3 is 0 Å². The van der Waals surface area contributed by atoms with Crippen molar-refractivity contribution in [1.29, 1.82) is 0 Å². The minimum atomic E-state index is -3.66. The van der Waals surface area contributed by atoms with Crippen molar-refractivity contribution in [3.63, 3.8) is 0 Å². The molecule has 0 spiro atoms. The molecule has 2 heterocycles. The maximum Gasteiger partial charge on any atom is 0.243 e. The summed E-state index contributed by atoms with van der Waals surface area (Å²) < 4.78 is 39.1. The molecule has 2 aliphatic heterocycles. The number of benzene rings is 1. The first-order valence-electron chi connectivity index (χ1n) is 11.0. The smallest absolute Gasteiger partial charge is 0.243 e. The third-order valence-corrected chi connectivity index (χ3v) is 8.49. The second-order valence-corrected chi connectivity index (χ2v) is 11.4. The second-order valence-electron chi connectivity index (χ2n) is 9.46. The Morgan fingerprint density at radius 3 is 2.35 bits per heavy atom. The number of rotatable bonds is 4. The van der Waals surface area contributed by atoms with Crippen LogP contribution in [-0.2, 0) is 14.8 Å². The molecule has 2 atom stereocenters. The first-order chi connectivity index (χ1) is 14.6. The normalized spacial score (nSPS) is 25.5. The van der Waals surface area contributed by atoms with Gasteiger partial charge in [-0.15, -0.1) is 0 Å². The monoisotopic (exact) mass is 448 g/mol. The van der Waals surface area contributed by atoms with Crippen molar-refractivity contribution in [3.8, 4) is 11.5 Å². The van der Waals surface area contributed by atoms with E-state index in [4.69, 9.17) is 9.47 Å². The van der Waals surface area contributed by atoms with Crippen LogP contribution in [0.3, 0.4) is 0 Å². The van der Waals surface area contributed by atoms with E-state index < -0.39 is 10.0 Å². The van der Waals surface area contributed by atoms with Crippen molar-refractivity contribution in [2.75, 3.05) is 39.4 Å². The van der Waals surface area contributed by atoms with Crippen molar-refractivity contribution in [3.05, 3.63) is 29.8 Å². The van der Waals surface area contributed by atoms with E-state index in [1.54, 1.807) is 18.2 Å². The fraction of sp³-hybridized carbons (Fsp3) is 0.609. The van der Waals surface area contributed by atoms with Crippen LogP contribution in [0.2, 0.25) is 0 Å². The van der Waals surface area contributed by atoms with Gasteiger partial charge in [0.2, 0.25) is 15.9 Å². The van der Waals surface area contributed by atoms with E-state index >= 15 is 0 Å². The molecular weight excluding hydrogens is 416 g/mol. The van der Waals surface area contributed by atoms with Crippen molar-refractivity contribution in [2.45, 2.75) is 39.0 Å². The molecule has 1 saturated carbocycles. The predicted molar refractivity (Wildman–Crippen MR) is 118 cm³/mol. The second kappa shape index (κ2) is 8.13. The van der Waals surface area contributed by atoms with E-state index in [-0.39, 0.29) is 28.1 Å². The summed E-state index contributed by atoms with van der Waals surface area (Å²) in [6.07, 6.45) is 2.95. The summed E-state index contributed by atoms with van der Waals surface area (Å²) in [5.74, 6) is 1.42. The van der Waals surface area contributed by atoms with Crippen molar-refractivity contribution in [1.82, 2.24) is 9.21 Å². The zero-order valence-corrected chi connectivity index (χ0v) is 19.6. The lowest BCUT2D eigenvalue weighted by atomic mass is 10.1. The Bertz CT molecular complexity index is 989. The van der Waals surface area contributed by atoms with Crippen LogP contribution in [0.1, 0.15) is 34.1 Å². The molecule has 31 heavy (non-hydrogen) atoms. The van der Waals surface area contributed by atoms with Crippen LogP contribution in [0.15, 0.2) is 34.7 Å². The highest BCUT2D eigenvalue weighted by molar-refractivity contribution is 7.89. The molecule has 0 unspecified atom stereocenters. The number of amides is 1. The molecule has 1 saturated heterocycles. The van der Waals surface area contributed by atoms with Gasteiger partial charge in [0.05, 0.1) is 24.0 Å². The summed E-state index contributed by atoms with van der Waals surface area (Å²) in [5, 5.41) is 0. The summed E-state index contributed by atoms with van der Waals surface area (Å²) in [6.45, 7) is 10.8. The van der Waals surface area contributed by atoms with Gasteiger partial charge < -0.3 is 14.4 Å². The highest BCUT2D eigenvalue weighted by Crippen LogP contribution is 2.60. The summed E-state index contributed by atoms with van der Waals surface area (Å²) >= 11 is 0. The van der Waals surface area contributed by atoms with Crippen LogP contribution in [0.25, 0.3) is 0 Å². The van der Waals surface area contributed by atoms with Crippen LogP contribution in [0.4, 0.5) is 0 Å². The SMILES string of the molecule is CC(C)=C[C@H]1[C@@H](C(=O)N2CCN(S(=O)(=O)c3ccc4c(c3)OCCCO4)CC2)C1(C)C. The van der Waals surface area contributed by atoms with E-state index in [1.165, 1.54) is 9.88 Å². The molecule has 1 aromatic carbocycles. The van der Waals surface area contributed by atoms with Gasteiger partial charge in [0.1, 0.15) is 0 Å². The molecule has 170 valence electrons. The third kappa shape index (κ3) is 4.20. The lowest BCUT2D eigenvalue weighted by molar-refractivity contribution is -0.134. The average molecular weight is 449 g/mol. The highest BCUT2D eigenvalue weighted by Gasteiger charge is 2.61. The molecule has 1 aromatic rings. The Balaban J connectivity index is 1.42. The Kier molecular flexibility index (Phi) is 5.81. The molecule has 0 bridgehead atoms. The zero-order valence-electron chi connectivity index (χ0n) is 18.8. The standard InChI is InChI=1S/C23H32N2O5S/c1-16(2)14-18-21(23(18,3)4)22(26)24-8-10-25(11-9-24)31(27,28)17-6-7-19-20(15-17)30-13-5-12-29-19/h6-7,14-15,18,21H,5,8-13H2,1-4H3/t18-,21-/m0/s1. The molecule has 0 radical (unpaired) electrons. The van der Waals surface area contributed by atoms with Gasteiger partial charge in [-0.2, -0.15) is 4.31 Å². The minimum Gasteiger partial charge on any atom is -0.490 e. The molecule has 4 rings (SSSR count). The van der Waals surface area contributed by atoms with Gasteiger partial charge in [-0.05, 0) is 37.3 Å². The number of hydrogen-bond acceptors (Lipinski definition) is 5. The van der Waals surface area contributed by atoms with E-state index in [9.17, 15) is 13.2 Å². The Hall–Kier alpha value is -2.06. The topological polar surface area (TPSA) is 76.2 Å². The molecule has 1 aliphatic carbocycles. The lowest BCUT2D eigenvalue weighted by Gasteiger charge is -2.34. The molecule has 0 aromatic heterocycles. The van der Waals surface area contributed by atoms with Gasteiger partial charge in [0, 0.05) is 38.7 Å². The molecular formula is C23H32N2O5S. The number of nitrogens with zero attached hydrogens (tertiary/aromatic N) is 2. The third-order valence-electron chi connectivity index (χ3n) is 6.60. The fourth-order valence-electron chi connectivity index (χ4n) is 4.62. The van der Waals surface area contributed by atoms with Gasteiger partial charge in [0.15, 0.2) is 11.5 Å². The quantitative estimate of drug-likeness (QED) is 0.662. The van der Waals surface area contributed by atoms with Crippen molar-refractivity contribution >= 4 is 15.9 Å². The summed E-state index contributed by atoms with van der Waals surface area (Å²) in [5.41, 5.74) is 1.18. The number of piperazine rings is 1. The van der Waals surface area contributed by atoms with Crippen LogP contribution in [-0.4, -0.2) is 62.9 Å². The zero-order chi connectivity index (χ0) is 22.4. The number of hydrogen-bond donors (Lipinski definition) is 0. The van der Waals surface area contributed by atoms with Gasteiger partial charge in [-0.25, -0.2) is 8.42 Å². The molecule has 1 amide bonds. The molecule has 7 nitrogen and oxygen atoms in total. The Labute approximate surface area is 185 Å². The van der Waals surface area contributed by atoms with Crippen LogP contribution in [0.5, 0.6) is 11.5 Å². The summed E-state index contributed by atoms with van der Waals surface area (Å²) in [6, 6.07) is 4.77. The van der Waals surface area contributed by atoms with Crippen LogP contribution >= 0.6 is 0 Å². The van der Waals surface area contributed by atoms with Gasteiger partial charge in [0.25, 0.3) is 0 Å². The summed E-state index contributed by atoms with van der Waals surface area (Å²) in [4.78, 5) is 15.1. The molecule has 0 N–H and O–H groups in total. The molecule has 2 fully saturated rings. The van der Waals surface area contributed by atoms with Gasteiger partial charge in [-0.3, -0.25) is 4.79 Å². The number of fused-ring (bicyclic) bond motifs is 1. The predicted octanol–water partition coefficient (Wildman–Crippen LogP) is 2.92. The fourth-order valence-corrected chi connectivity index (χ4v) is 6.06. The number of ether oxygens (including phenoxy) is 2. The van der Waals surface area contributed by atoms with Gasteiger partial charge in [-0.1, -0.05) is 25.5 Å². The van der Waals surface area contributed by atoms with E-state index in [1.807, 2.05) is 4.90 Å². The largest absolute Gasteiger partial charge is 0.490 e. The summed E-state index contributed by atoms with van der Waals surface area (Å²) in [7, 11) is -3.66. The molecule has 8 heteroatoms. The Morgan fingerprint density at radius 2 is 1.71 bits per heavy atom. The maximum atomic E-state index is 13.2. The highest BCUT2D eigenvalue weighted by atomic mass is 32.2. The lowest BCUT2D eigenvalue weighted by Crippen LogP contribution is -2.51. The minimum absolute atomic E-state index is 0.0210. The van der Waals surface area contributed by atoms with Crippen LogP contribution in [0, 0.1) is 17.3 Å². The number of carbonyl (C=O) groups excluding carboxylic acids is 1. The number of carbonyl (C=O) groups is 1. The number of sulfonamides is 1. The van der Waals surface area contributed by atoms with E-state index in [0.29, 0.717) is 50.9 Å². The number of allylic oxidation sites excluding steroid dienone is 2. The molecule has 3 aliphatic rings. The van der Waals surface area contributed by atoms with E-state index in [0.717, 1.165) is 6.42 Å². The maximum absolute atomic E-state index is 13.2. The van der Waals surface area contributed by atoms with Crippen molar-refractivity contribution in [2.24, 2.45) is 17.3 Å². The van der Waals surface area contributed by atoms with Crippen LogP contribution < -0.4 is 9.47 Å². The average Bonchev–Trinajstić information content (AvgIpc) is 3.35. The van der Waals surface area contributed by atoms with Crippen molar-refractivity contribution < 1.29 is 22.7 Å².